The molecular formula is C12H14N2O3. The Balaban J connectivity index is 2.50. The molecule has 17 heavy (non-hydrogen) atoms. The number of carboxylic acids is 1. The van der Waals surface area contributed by atoms with E-state index in [4.69, 9.17) is 5.11 Å². The molecule has 1 aliphatic rings. The lowest BCUT2D eigenvalue weighted by molar-refractivity contribution is -0.138. The summed E-state index contributed by atoms with van der Waals surface area (Å²) >= 11 is 0. The summed E-state index contributed by atoms with van der Waals surface area (Å²) in [5.41, 5.74) is 2.42. The van der Waals surface area contributed by atoms with E-state index in [0.717, 1.165) is 11.3 Å². The van der Waals surface area contributed by atoms with E-state index in [0.29, 0.717) is 5.69 Å². The third-order valence-corrected chi connectivity index (χ3v) is 2.94. The molecular weight excluding hydrogens is 220 g/mol. The van der Waals surface area contributed by atoms with Crippen LogP contribution < -0.4 is 10.2 Å². The number of carboxylic acid groups (broad SMARTS) is 1. The second kappa shape index (κ2) is 4.08. The van der Waals surface area contributed by atoms with Crippen LogP contribution in [0.1, 0.15) is 12.5 Å². The molecule has 5 nitrogen and oxygen atoms in total. The van der Waals surface area contributed by atoms with Gasteiger partial charge >= 0.3 is 5.97 Å². The maximum absolute atomic E-state index is 11.5. The van der Waals surface area contributed by atoms with Gasteiger partial charge in [0.15, 0.2) is 0 Å². The third-order valence-electron chi connectivity index (χ3n) is 2.94. The second-order valence-electron chi connectivity index (χ2n) is 4.16. The lowest BCUT2D eigenvalue weighted by Gasteiger charge is -2.34. The van der Waals surface area contributed by atoms with Crippen LogP contribution in [0.2, 0.25) is 0 Å². The summed E-state index contributed by atoms with van der Waals surface area (Å²) < 4.78 is 0. The first-order valence-electron chi connectivity index (χ1n) is 5.39. The highest BCUT2D eigenvalue weighted by Gasteiger charge is 2.30. The van der Waals surface area contributed by atoms with Crippen LogP contribution in [0.25, 0.3) is 0 Å². The minimum absolute atomic E-state index is 0.0747. The van der Waals surface area contributed by atoms with Crippen molar-refractivity contribution in [1.82, 2.24) is 0 Å². The number of aryl methyl sites for hydroxylation is 1. The fourth-order valence-electron chi connectivity index (χ4n) is 2.03. The van der Waals surface area contributed by atoms with Crippen LogP contribution in [-0.4, -0.2) is 29.6 Å². The van der Waals surface area contributed by atoms with E-state index in [2.05, 4.69) is 5.32 Å². The molecule has 0 aliphatic carbocycles. The van der Waals surface area contributed by atoms with Gasteiger partial charge in [-0.25, -0.2) is 4.79 Å². The molecule has 1 atom stereocenters. The fourth-order valence-corrected chi connectivity index (χ4v) is 2.03. The quantitative estimate of drug-likeness (QED) is 0.807. The molecule has 0 radical (unpaired) electrons. The molecule has 1 aromatic carbocycles. The summed E-state index contributed by atoms with van der Waals surface area (Å²) in [7, 11) is 0. The highest BCUT2D eigenvalue weighted by molar-refractivity contribution is 6.03. The number of rotatable bonds is 2. The molecule has 90 valence electrons. The summed E-state index contributed by atoms with van der Waals surface area (Å²) in [4.78, 5) is 24.2. The van der Waals surface area contributed by atoms with Crippen molar-refractivity contribution in [2.24, 2.45) is 0 Å². The molecule has 1 aliphatic heterocycles. The number of carbonyl (C=O) groups excluding carboxylic acids is 1. The zero-order valence-corrected chi connectivity index (χ0v) is 9.73. The van der Waals surface area contributed by atoms with Crippen LogP contribution in [0.5, 0.6) is 0 Å². The first-order valence-corrected chi connectivity index (χ1v) is 5.39. The Kier molecular flexibility index (Phi) is 2.75. The Morgan fingerprint density at radius 3 is 2.88 bits per heavy atom. The number of nitrogens with zero attached hydrogens (tertiary/aromatic N) is 1. The minimum atomic E-state index is -0.936. The largest absolute Gasteiger partial charge is 0.480 e. The highest BCUT2D eigenvalue weighted by Crippen LogP contribution is 2.33. The van der Waals surface area contributed by atoms with E-state index in [1.807, 2.05) is 19.1 Å². The third kappa shape index (κ3) is 1.95. The zero-order chi connectivity index (χ0) is 12.6. The minimum Gasteiger partial charge on any atom is -0.480 e. The van der Waals surface area contributed by atoms with E-state index in [9.17, 15) is 9.59 Å². The van der Waals surface area contributed by atoms with Gasteiger partial charge in [0.05, 0.1) is 17.9 Å². The topological polar surface area (TPSA) is 69.6 Å². The van der Waals surface area contributed by atoms with Crippen molar-refractivity contribution in [2.45, 2.75) is 19.9 Å². The second-order valence-corrected chi connectivity index (χ2v) is 4.16. The predicted octanol–water partition coefficient (Wildman–Crippen LogP) is 1.23. The highest BCUT2D eigenvalue weighted by atomic mass is 16.4. The van der Waals surface area contributed by atoms with Crippen molar-refractivity contribution in [3.8, 4) is 0 Å². The Morgan fingerprint density at radius 2 is 2.24 bits per heavy atom. The molecule has 1 unspecified atom stereocenters. The molecule has 0 bridgehead atoms. The van der Waals surface area contributed by atoms with Crippen molar-refractivity contribution >= 4 is 23.3 Å². The van der Waals surface area contributed by atoms with Crippen molar-refractivity contribution in [2.75, 3.05) is 16.8 Å². The maximum Gasteiger partial charge on any atom is 0.326 e. The SMILES string of the molecule is Cc1cccc2c1N(C(C)C(=O)O)CC(=O)N2. The number of amides is 1. The number of aliphatic carboxylic acids is 1. The monoisotopic (exact) mass is 234 g/mol. The number of benzene rings is 1. The summed E-state index contributed by atoms with van der Waals surface area (Å²) in [6, 6.07) is 4.79. The van der Waals surface area contributed by atoms with E-state index in [-0.39, 0.29) is 12.5 Å². The molecule has 0 fully saturated rings. The number of nitrogens with one attached hydrogen (secondary N) is 1. The van der Waals surface area contributed by atoms with Gasteiger partial charge in [-0.05, 0) is 25.5 Å². The number of carbonyl (C=O) groups is 2. The molecule has 0 aromatic heterocycles. The van der Waals surface area contributed by atoms with Gasteiger partial charge in [-0.2, -0.15) is 0 Å². The summed E-state index contributed by atoms with van der Waals surface area (Å²) in [6.07, 6.45) is 0. The predicted molar refractivity (Wildman–Crippen MR) is 64.3 cm³/mol. The molecule has 0 saturated heterocycles. The maximum atomic E-state index is 11.5. The smallest absolute Gasteiger partial charge is 0.326 e. The first-order chi connectivity index (χ1) is 8.00. The van der Waals surface area contributed by atoms with Crippen molar-refractivity contribution < 1.29 is 14.7 Å². The number of para-hydroxylation sites is 1. The van der Waals surface area contributed by atoms with E-state index in [1.54, 1.807) is 17.9 Å². The summed E-state index contributed by atoms with van der Waals surface area (Å²) in [5.74, 6) is -1.12. The van der Waals surface area contributed by atoms with Crippen molar-refractivity contribution in [3.63, 3.8) is 0 Å². The van der Waals surface area contributed by atoms with Crippen LogP contribution in [0.3, 0.4) is 0 Å². The number of anilines is 2. The lowest BCUT2D eigenvalue weighted by Crippen LogP contribution is -2.47. The van der Waals surface area contributed by atoms with Gasteiger partial charge in [0.1, 0.15) is 6.04 Å². The van der Waals surface area contributed by atoms with Gasteiger partial charge in [0.2, 0.25) is 5.91 Å². The van der Waals surface area contributed by atoms with Crippen molar-refractivity contribution in [1.29, 1.82) is 0 Å². The molecule has 2 rings (SSSR count). The summed E-state index contributed by atoms with van der Waals surface area (Å²) in [6.45, 7) is 3.56. The zero-order valence-electron chi connectivity index (χ0n) is 9.73. The Bertz CT molecular complexity index is 485. The van der Waals surface area contributed by atoms with Crippen LogP contribution in [0.15, 0.2) is 18.2 Å². The number of hydrogen-bond acceptors (Lipinski definition) is 3. The standard InChI is InChI=1S/C12H14N2O3/c1-7-4-3-5-9-11(7)14(6-10(15)13-9)8(2)12(16)17/h3-5,8H,6H2,1-2H3,(H,13,15)(H,16,17). The Hall–Kier alpha value is -2.04. The van der Waals surface area contributed by atoms with Crippen LogP contribution >= 0.6 is 0 Å². The first kappa shape index (κ1) is 11.4. The van der Waals surface area contributed by atoms with Gasteiger partial charge in [0, 0.05) is 0 Å². The molecule has 0 spiro atoms. The van der Waals surface area contributed by atoms with Crippen LogP contribution in [0.4, 0.5) is 11.4 Å². The van der Waals surface area contributed by atoms with Gasteiger partial charge < -0.3 is 15.3 Å². The lowest BCUT2D eigenvalue weighted by atomic mass is 10.1. The van der Waals surface area contributed by atoms with Gasteiger partial charge in [0.25, 0.3) is 0 Å². The van der Waals surface area contributed by atoms with E-state index < -0.39 is 12.0 Å². The molecule has 5 heteroatoms. The Labute approximate surface area is 99.0 Å². The van der Waals surface area contributed by atoms with Gasteiger partial charge in [-0.15, -0.1) is 0 Å². The number of fused-ring (bicyclic) bond motifs is 1. The number of hydrogen-bond donors (Lipinski definition) is 2. The van der Waals surface area contributed by atoms with Gasteiger partial charge in [-0.3, -0.25) is 4.79 Å². The van der Waals surface area contributed by atoms with Crippen molar-refractivity contribution in [3.05, 3.63) is 23.8 Å². The van der Waals surface area contributed by atoms with Crippen LogP contribution in [0, 0.1) is 6.92 Å². The molecule has 1 heterocycles. The van der Waals surface area contributed by atoms with Gasteiger partial charge in [-0.1, -0.05) is 12.1 Å². The molecule has 0 saturated carbocycles. The van der Waals surface area contributed by atoms with Crippen LogP contribution in [-0.2, 0) is 9.59 Å². The average molecular weight is 234 g/mol. The molecule has 2 N–H and O–H groups in total. The summed E-state index contributed by atoms with van der Waals surface area (Å²) in [5, 5.41) is 11.8. The normalized spacial score (nSPS) is 16.1. The fraction of sp³-hybridized carbons (Fsp3) is 0.333. The average Bonchev–Trinajstić information content (AvgIpc) is 2.26. The Morgan fingerprint density at radius 1 is 1.53 bits per heavy atom. The molecule has 1 aromatic rings. The molecule has 1 amide bonds. The van der Waals surface area contributed by atoms with E-state index in [1.165, 1.54) is 0 Å². The van der Waals surface area contributed by atoms with E-state index >= 15 is 0 Å².